The molecule has 0 aliphatic heterocycles. The molecule has 0 unspecified atom stereocenters. The summed E-state index contributed by atoms with van der Waals surface area (Å²) in [7, 11) is 8.94. The van der Waals surface area contributed by atoms with Crippen molar-refractivity contribution in [1.82, 2.24) is 0 Å². The van der Waals surface area contributed by atoms with E-state index in [1.165, 1.54) is 0 Å². The van der Waals surface area contributed by atoms with Gasteiger partial charge < -0.3 is 14.6 Å². The molecule has 0 rings (SSSR count). The maximum absolute atomic E-state index is 9.57. The highest BCUT2D eigenvalue weighted by atomic mass is 16.5. The smallest absolute Gasteiger partial charge is 0.109 e. The highest BCUT2D eigenvalue weighted by Crippen LogP contribution is 2.27. The van der Waals surface area contributed by atoms with E-state index in [9.17, 15) is 5.11 Å². The molecule has 0 aliphatic rings. The Labute approximate surface area is 101 Å². The number of rotatable bonds is 8. The number of hydrogen-bond acceptors (Lipinski definition) is 3. The van der Waals surface area contributed by atoms with Gasteiger partial charge in [0, 0.05) is 32.1 Å². The van der Waals surface area contributed by atoms with Crippen LogP contribution >= 0.6 is 0 Å². The molecule has 2 radical (unpaired) electrons. The number of aliphatic hydroxyl groups excluding tert-OH is 1. The quantitative estimate of drug-likeness (QED) is 0.639. The summed E-state index contributed by atoms with van der Waals surface area (Å²) in [5.41, 5.74) is 0. The van der Waals surface area contributed by atoms with Crippen LogP contribution in [0, 0.1) is 17.8 Å². The normalized spacial score (nSPS) is 19.4. The first-order valence-corrected chi connectivity index (χ1v) is 5.94. The van der Waals surface area contributed by atoms with E-state index in [1.807, 2.05) is 6.92 Å². The van der Waals surface area contributed by atoms with Crippen molar-refractivity contribution in [3.8, 4) is 0 Å². The molecule has 0 aromatic carbocycles. The summed E-state index contributed by atoms with van der Waals surface area (Å²) < 4.78 is 10.7. The molecule has 0 heterocycles. The van der Waals surface area contributed by atoms with Gasteiger partial charge in [0.2, 0.25) is 0 Å². The van der Waals surface area contributed by atoms with Crippen molar-refractivity contribution in [2.24, 2.45) is 17.8 Å². The molecule has 4 heteroatoms. The van der Waals surface area contributed by atoms with Crippen LogP contribution in [0.15, 0.2) is 0 Å². The van der Waals surface area contributed by atoms with E-state index in [1.54, 1.807) is 14.2 Å². The zero-order chi connectivity index (χ0) is 12.7. The third kappa shape index (κ3) is 4.44. The second kappa shape index (κ2) is 8.10. The first kappa shape index (κ1) is 15.9. The van der Waals surface area contributed by atoms with Crippen molar-refractivity contribution in [2.75, 3.05) is 20.8 Å². The molecule has 0 amide bonds. The van der Waals surface area contributed by atoms with Gasteiger partial charge in [-0.3, -0.25) is 0 Å². The van der Waals surface area contributed by atoms with E-state index in [2.05, 4.69) is 13.8 Å². The minimum absolute atomic E-state index is 0.0486. The minimum Gasteiger partial charge on any atom is -0.403 e. The van der Waals surface area contributed by atoms with Crippen molar-refractivity contribution in [2.45, 2.75) is 39.3 Å². The van der Waals surface area contributed by atoms with Crippen molar-refractivity contribution in [3.63, 3.8) is 0 Å². The fourth-order valence-electron chi connectivity index (χ4n) is 2.19. The van der Waals surface area contributed by atoms with E-state index in [0.717, 1.165) is 6.42 Å². The molecule has 0 saturated heterocycles. The molecule has 0 aromatic rings. The summed E-state index contributed by atoms with van der Waals surface area (Å²) in [6, 6.07) is -0.840. The maximum Gasteiger partial charge on any atom is 0.109 e. The van der Waals surface area contributed by atoms with Gasteiger partial charge in [0.1, 0.15) is 7.85 Å². The van der Waals surface area contributed by atoms with Crippen LogP contribution in [-0.2, 0) is 9.47 Å². The molecule has 16 heavy (non-hydrogen) atoms. The van der Waals surface area contributed by atoms with Gasteiger partial charge in [-0.05, 0) is 12.3 Å². The monoisotopic (exact) mass is 228 g/mol. The van der Waals surface area contributed by atoms with Crippen LogP contribution in [0.4, 0.5) is 0 Å². The molecule has 0 bridgehead atoms. The SMILES string of the molecule is [B][C@H](O)[C@H](CC)[C@H](OC)[C@H](COC)C(C)C. The van der Waals surface area contributed by atoms with Crippen LogP contribution in [0.25, 0.3) is 0 Å². The second-order valence-electron chi connectivity index (χ2n) is 4.63. The maximum atomic E-state index is 9.57. The Balaban J connectivity index is 4.75. The topological polar surface area (TPSA) is 38.7 Å². The molecule has 94 valence electrons. The lowest BCUT2D eigenvalue weighted by molar-refractivity contribution is -0.0592. The third-order valence-corrected chi connectivity index (χ3v) is 3.24. The number of hydrogen-bond donors (Lipinski definition) is 1. The van der Waals surface area contributed by atoms with E-state index < -0.39 is 6.00 Å². The fourth-order valence-corrected chi connectivity index (χ4v) is 2.19. The van der Waals surface area contributed by atoms with Crippen molar-refractivity contribution < 1.29 is 14.6 Å². The van der Waals surface area contributed by atoms with Crippen LogP contribution in [0.3, 0.4) is 0 Å². The first-order chi connectivity index (χ1) is 7.49. The van der Waals surface area contributed by atoms with Gasteiger partial charge in [0.05, 0.1) is 12.7 Å². The average molecular weight is 228 g/mol. The third-order valence-electron chi connectivity index (χ3n) is 3.24. The van der Waals surface area contributed by atoms with Crippen molar-refractivity contribution in [1.29, 1.82) is 0 Å². The second-order valence-corrected chi connectivity index (χ2v) is 4.63. The molecule has 1 N–H and O–H groups in total. The summed E-state index contributed by atoms with van der Waals surface area (Å²) >= 11 is 0. The Morgan fingerprint density at radius 3 is 2.00 bits per heavy atom. The van der Waals surface area contributed by atoms with Gasteiger partial charge in [-0.25, -0.2) is 0 Å². The summed E-state index contributed by atoms with van der Waals surface area (Å²) in [5.74, 6) is 0.628. The Hall–Kier alpha value is -0.0551. The number of methoxy groups -OCH3 is 2. The zero-order valence-corrected chi connectivity index (χ0v) is 11.1. The highest BCUT2D eigenvalue weighted by molar-refractivity contribution is 6.11. The predicted molar refractivity (Wildman–Crippen MR) is 66.5 cm³/mol. The van der Waals surface area contributed by atoms with Crippen molar-refractivity contribution >= 4 is 7.85 Å². The van der Waals surface area contributed by atoms with Crippen LogP contribution in [0.5, 0.6) is 0 Å². The Morgan fingerprint density at radius 2 is 1.75 bits per heavy atom. The van der Waals surface area contributed by atoms with Gasteiger partial charge in [-0.15, -0.1) is 0 Å². The molecule has 0 spiro atoms. The zero-order valence-electron chi connectivity index (χ0n) is 11.1. The minimum atomic E-state index is -0.840. The fraction of sp³-hybridized carbons (Fsp3) is 1.00. The van der Waals surface area contributed by atoms with Gasteiger partial charge in [0.25, 0.3) is 0 Å². The first-order valence-electron chi connectivity index (χ1n) is 5.94. The van der Waals surface area contributed by atoms with Crippen LogP contribution in [-0.4, -0.2) is 45.9 Å². The molecular formula is C12H25BO3. The number of ether oxygens (including phenoxy) is 2. The Bertz CT molecular complexity index is 174. The largest absolute Gasteiger partial charge is 0.403 e. The Kier molecular flexibility index (Phi) is 8.07. The lowest BCUT2D eigenvalue weighted by Gasteiger charge is -2.35. The summed E-state index contributed by atoms with van der Waals surface area (Å²) in [6.07, 6.45) is 0.730. The van der Waals surface area contributed by atoms with Crippen molar-refractivity contribution in [3.05, 3.63) is 0 Å². The summed E-state index contributed by atoms with van der Waals surface area (Å²) in [5, 5.41) is 9.57. The van der Waals surface area contributed by atoms with Crippen LogP contribution in [0.1, 0.15) is 27.2 Å². The molecule has 0 aromatic heterocycles. The predicted octanol–water partition coefficient (Wildman–Crippen LogP) is 1.43. The number of aliphatic hydroxyl groups is 1. The van der Waals surface area contributed by atoms with E-state index in [-0.39, 0.29) is 17.9 Å². The molecule has 3 nitrogen and oxygen atoms in total. The molecule has 0 saturated carbocycles. The Morgan fingerprint density at radius 1 is 1.19 bits per heavy atom. The van der Waals surface area contributed by atoms with Crippen LogP contribution < -0.4 is 0 Å². The lowest BCUT2D eigenvalue weighted by atomic mass is 9.75. The van der Waals surface area contributed by atoms with Gasteiger partial charge in [0.15, 0.2) is 0 Å². The summed E-state index contributed by atoms with van der Waals surface area (Å²) in [4.78, 5) is 0. The lowest BCUT2D eigenvalue weighted by Crippen LogP contribution is -2.42. The standard InChI is InChI=1S/C12H25BO3/c1-6-9(12(13)14)11(16-5)10(7-15-4)8(2)3/h8-12,14H,6-7H2,1-5H3/t9-,10-,11+,12-/m1/s1. The molecule has 0 aliphatic carbocycles. The summed E-state index contributed by atoms with van der Waals surface area (Å²) in [6.45, 7) is 6.90. The van der Waals surface area contributed by atoms with Gasteiger partial charge in [-0.2, -0.15) is 0 Å². The van der Waals surface area contributed by atoms with Crippen LogP contribution in [0.2, 0.25) is 0 Å². The average Bonchev–Trinajstić information content (AvgIpc) is 2.22. The van der Waals surface area contributed by atoms with Gasteiger partial charge in [-0.1, -0.05) is 20.8 Å². The van der Waals surface area contributed by atoms with E-state index in [0.29, 0.717) is 12.5 Å². The molecular weight excluding hydrogens is 203 g/mol. The molecule has 0 fully saturated rings. The van der Waals surface area contributed by atoms with E-state index in [4.69, 9.17) is 17.3 Å². The highest BCUT2D eigenvalue weighted by Gasteiger charge is 2.32. The molecule has 4 atom stereocenters. The van der Waals surface area contributed by atoms with E-state index >= 15 is 0 Å². The van der Waals surface area contributed by atoms with Gasteiger partial charge >= 0.3 is 0 Å².